The van der Waals surface area contributed by atoms with Crippen LogP contribution in [0.4, 0.5) is 0 Å². The van der Waals surface area contributed by atoms with Gasteiger partial charge in [-0.15, -0.1) is 0 Å². The van der Waals surface area contributed by atoms with Crippen molar-refractivity contribution in [3.05, 3.63) is 0 Å². The van der Waals surface area contributed by atoms with Gasteiger partial charge in [-0.25, -0.2) is 0 Å². The summed E-state index contributed by atoms with van der Waals surface area (Å²) in [5.41, 5.74) is -0.280. The normalized spacial score (nSPS) is 32.5. The van der Waals surface area contributed by atoms with Gasteiger partial charge in [-0.2, -0.15) is 0 Å². The largest absolute Gasteiger partial charge is 0.481 e. The molecular formula is C16H27NO4. The predicted molar refractivity (Wildman–Crippen MR) is 78.9 cm³/mol. The minimum absolute atomic E-state index is 0.0256. The molecular weight excluding hydrogens is 270 g/mol. The van der Waals surface area contributed by atoms with Gasteiger partial charge in [0, 0.05) is 19.1 Å². The highest BCUT2D eigenvalue weighted by Crippen LogP contribution is 2.46. The van der Waals surface area contributed by atoms with Crippen LogP contribution in [-0.2, 0) is 14.3 Å². The highest BCUT2D eigenvalue weighted by atomic mass is 16.5. The van der Waals surface area contributed by atoms with E-state index >= 15 is 0 Å². The summed E-state index contributed by atoms with van der Waals surface area (Å²) >= 11 is 0. The average Bonchev–Trinajstić information content (AvgIpc) is 2.35. The molecule has 5 nitrogen and oxygen atoms in total. The number of nitrogens with one attached hydrogen (secondary N) is 1. The fourth-order valence-electron chi connectivity index (χ4n) is 3.29. The number of carbonyl (C=O) groups excluding carboxylic acids is 1. The molecule has 0 radical (unpaired) electrons. The molecule has 2 aliphatic rings. The zero-order valence-corrected chi connectivity index (χ0v) is 13.3. The standard InChI is InChI=1S/C16H27NO4/c1-4-15(2,3)10-13(18)17-12-5-6-21-16(9-12)7-11(8-16)14(19)20/h11-12H,4-10H2,1-3H3,(H,17,18)(H,19,20). The van der Waals surface area contributed by atoms with E-state index in [1.54, 1.807) is 0 Å². The van der Waals surface area contributed by atoms with Crippen molar-refractivity contribution >= 4 is 11.9 Å². The Morgan fingerprint density at radius 3 is 2.57 bits per heavy atom. The van der Waals surface area contributed by atoms with Crippen molar-refractivity contribution in [3.8, 4) is 0 Å². The molecule has 0 bridgehead atoms. The second-order valence-corrected chi connectivity index (χ2v) is 7.43. The highest BCUT2D eigenvalue weighted by molar-refractivity contribution is 5.77. The Bertz CT molecular complexity index is 413. The summed E-state index contributed by atoms with van der Waals surface area (Å²) in [7, 11) is 0. The molecule has 1 aliphatic carbocycles. The third kappa shape index (κ3) is 3.96. The molecule has 2 fully saturated rings. The Kier molecular flexibility index (Phi) is 4.61. The number of carboxylic acids is 1. The predicted octanol–water partition coefficient (Wildman–Crippen LogP) is 2.34. The van der Waals surface area contributed by atoms with Crippen LogP contribution >= 0.6 is 0 Å². The first-order valence-corrected chi connectivity index (χ1v) is 7.91. The zero-order chi connectivity index (χ0) is 15.7. The molecule has 1 heterocycles. The van der Waals surface area contributed by atoms with Crippen LogP contribution in [0.2, 0.25) is 0 Å². The van der Waals surface area contributed by atoms with Crippen LogP contribution in [0.15, 0.2) is 0 Å². The number of carboxylic acid groups (broad SMARTS) is 1. The summed E-state index contributed by atoms with van der Waals surface area (Å²) in [6, 6.07) is 0.119. The van der Waals surface area contributed by atoms with Crippen molar-refractivity contribution < 1.29 is 19.4 Å². The van der Waals surface area contributed by atoms with Crippen LogP contribution in [-0.4, -0.2) is 35.2 Å². The topological polar surface area (TPSA) is 75.6 Å². The van der Waals surface area contributed by atoms with Gasteiger partial charge in [-0.05, 0) is 31.1 Å². The van der Waals surface area contributed by atoms with Gasteiger partial charge in [0.05, 0.1) is 11.5 Å². The lowest BCUT2D eigenvalue weighted by molar-refractivity contribution is -0.182. The highest BCUT2D eigenvalue weighted by Gasteiger charge is 2.51. The first-order chi connectivity index (χ1) is 9.75. The molecule has 2 rings (SSSR count). The van der Waals surface area contributed by atoms with Crippen LogP contribution in [0.1, 0.15) is 59.3 Å². The van der Waals surface area contributed by atoms with Crippen LogP contribution < -0.4 is 5.32 Å². The molecule has 5 heteroatoms. The van der Waals surface area contributed by atoms with Crippen LogP contribution in [0.3, 0.4) is 0 Å². The number of aliphatic carboxylic acids is 1. The summed E-state index contributed by atoms with van der Waals surface area (Å²) in [6.45, 7) is 6.90. The van der Waals surface area contributed by atoms with E-state index in [1.807, 2.05) is 0 Å². The molecule has 1 saturated heterocycles. The fraction of sp³-hybridized carbons (Fsp3) is 0.875. The van der Waals surface area contributed by atoms with E-state index in [2.05, 4.69) is 26.1 Å². The van der Waals surface area contributed by atoms with Gasteiger partial charge in [0.1, 0.15) is 0 Å². The van der Waals surface area contributed by atoms with E-state index < -0.39 is 5.97 Å². The lowest BCUT2D eigenvalue weighted by atomic mass is 9.66. The van der Waals surface area contributed by atoms with Crippen molar-refractivity contribution in [1.29, 1.82) is 0 Å². The minimum atomic E-state index is -0.736. The zero-order valence-electron chi connectivity index (χ0n) is 13.3. The number of rotatable bonds is 5. The Balaban J connectivity index is 1.83. The van der Waals surface area contributed by atoms with Gasteiger partial charge in [0.15, 0.2) is 0 Å². The van der Waals surface area contributed by atoms with E-state index in [9.17, 15) is 9.59 Å². The summed E-state index contributed by atoms with van der Waals surface area (Å²) in [5, 5.41) is 12.1. The Hall–Kier alpha value is -1.10. The smallest absolute Gasteiger partial charge is 0.306 e. The minimum Gasteiger partial charge on any atom is -0.481 e. The Labute approximate surface area is 126 Å². The Morgan fingerprint density at radius 1 is 1.33 bits per heavy atom. The maximum atomic E-state index is 12.1. The SMILES string of the molecule is CCC(C)(C)CC(=O)NC1CCOC2(C1)CC(C(=O)O)C2. The van der Waals surface area contributed by atoms with Gasteiger partial charge < -0.3 is 15.2 Å². The third-order valence-electron chi connectivity index (χ3n) is 5.04. The first kappa shape index (κ1) is 16.3. The van der Waals surface area contributed by atoms with Crippen molar-refractivity contribution in [2.45, 2.75) is 70.9 Å². The van der Waals surface area contributed by atoms with E-state index in [-0.39, 0.29) is 28.9 Å². The number of ether oxygens (including phenoxy) is 1. The quantitative estimate of drug-likeness (QED) is 0.816. The van der Waals surface area contributed by atoms with E-state index in [4.69, 9.17) is 9.84 Å². The number of hydrogen-bond acceptors (Lipinski definition) is 3. The lowest BCUT2D eigenvalue weighted by Crippen LogP contribution is -2.56. The molecule has 0 aromatic carbocycles. The van der Waals surface area contributed by atoms with Crippen LogP contribution in [0, 0.1) is 11.3 Å². The molecule has 2 N–H and O–H groups in total. The van der Waals surface area contributed by atoms with E-state index in [1.165, 1.54) is 0 Å². The van der Waals surface area contributed by atoms with Crippen molar-refractivity contribution in [1.82, 2.24) is 5.32 Å². The summed E-state index contributed by atoms with van der Waals surface area (Å²) in [6.07, 6.45) is 4.22. The number of hydrogen-bond donors (Lipinski definition) is 2. The molecule has 1 atom stereocenters. The number of amides is 1. The molecule has 0 aromatic rings. The average molecular weight is 297 g/mol. The molecule has 1 spiro atoms. The molecule has 0 aromatic heterocycles. The summed E-state index contributed by atoms with van der Waals surface area (Å²) in [5.74, 6) is -0.920. The van der Waals surface area contributed by atoms with Crippen molar-refractivity contribution in [2.75, 3.05) is 6.61 Å². The molecule has 1 saturated carbocycles. The second kappa shape index (κ2) is 5.95. The third-order valence-corrected chi connectivity index (χ3v) is 5.04. The monoisotopic (exact) mass is 297 g/mol. The van der Waals surface area contributed by atoms with Gasteiger partial charge >= 0.3 is 5.97 Å². The molecule has 120 valence electrons. The maximum Gasteiger partial charge on any atom is 0.306 e. The fourth-order valence-corrected chi connectivity index (χ4v) is 3.29. The van der Waals surface area contributed by atoms with E-state index in [0.717, 1.165) is 19.3 Å². The molecule has 1 aliphatic heterocycles. The summed E-state index contributed by atoms with van der Waals surface area (Å²) in [4.78, 5) is 23.1. The number of carbonyl (C=O) groups is 2. The molecule has 1 amide bonds. The van der Waals surface area contributed by atoms with Crippen molar-refractivity contribution in [2.24, 2.45) is 11.3 Å². The van der Waals surface area contributed by atoms with Crippen LogP contribution in [0.25, 0.3) is 0 Å². The van der Waals surface area contributed by atoms with Gasteiger partial charge in [-0.3, -0.25) is 9.59 Å². The lowest BCUT2D eigenvalue weighted by Gasteiger charge is -2.50. The van der Waals surface area contributed by atoms with Gasteiger partial charge in [-0.1, -0.05) is 27.2 Å². The Morgan fingerprint density at radius 2 is 2.00 bits per heavy atom. The molecule has 1 unspecified atom stereocenters. The summed E-state index contributed by atoms with van der Waals surface area (Å²) < 4.78 is 5.80. The van der Waals surface area contributed by atoms with Crippen LogP contribution in [0.5, 0.6) is 0 Å². The molecule has 21 heavy (non-hydrogen) atoms. The van der Waals surface area contributed by atoms with Gasteiger partial charge in [0.25, 0.3) is 0 Å². The first-order valence-electron chi connectivity index (χ1n) is 7.91. The van der Waals surface area contributed by atoms with Crippen molar-refractivity contribution in [3.63, 3.8) is 0 Å². The maximum absolute atomic E-state index is 12.1. The van der Waals surface area contributed by atoms with E-state index in [0.29, 0.717) is 25.9 Å². The second-order valence-electron chi connectivity index (χ2n) is 7.43. The van der Waals surface area contributed by atoms with Gasteiger partial charge in [0.2, 0.25) is 5.91 Å².